The molecule has 2 aromatic rings. The summed E-state index contributed by atoms with van der Waals surface area (Å²) >= 11 is 1.60. The average molecular weight is 348 g/mol. The van der Waals surface area contributed by atoms with Crippen LogP contribution in [-0.4, -0.2) is 23.5 Å². The molecule has 0 aliphatic heterocycles. The molecule has 2 rings (SSSR count). The molecule has 116 valence electrons. The van der Waals surface area contributed by atoms with Crippen molar-refractivity contribution >= 4 is 42.1 Å². The number of rotatable bonds is 4. The zero-order valence-corrected chi connectivity index (χ0v) is 14.3. The Labute approximate surface area is 141 Å². The predicted molar refractivity (Wildman–Crippen MR) is 92.8 cm³/mol. The molecule has 4 nitrogen and oxygen atoms in total. The molecule has 0 unspecified atom stereocenters. The number of thiazole rings is 1. The highest BCUT2D eigenvalue weighted by Gasteiger charge is 2.10. The Morgan fingerprint density at radius 2 is 2.14 bits per heavy atom. The summed E-state index contributed by atoms with van der Waals surface area (Å²) in [7, 11) is 0. The van der Waals surface area contributed by atoms with Crippen LogP contribution in [0.25, 0.3) is 11.3 Å². The number of aryl methyl sites for hydroxylation is 1. The predicted octanol–water partition coefficient (Wildman–Crippen LogP) is 3.04. The third-order valence-electron chi connectivity index (χ3n) is 2.77. The van der Waals surface area contributed by atoms with Crippen molar-refractivity contribution in [3.8, 4) is 11.3 Å². The third kappa shape index (κ3) is 5.28. The van der Waals surface area contributed by atoms with Crippen LogP contribution >= 0.6 is 36.2 Å². The van der Waals surface area contributed by atoms with Crippen molar-refractivity contribution in [2.45, 2.75) is 19.9 Å². The first-order valence-corrected chi connectivity index (χ1v) is 7.01. The van der Waals surface area contributed by atoms with Gasteiger partial charge < -0.3 is 11.1 Å². The maximum atomic E-state index is 12.0. The van der Waals surface area contributed by atoms with E-state index in [-0.39, 0.29) is 36.8 Å². The van der Waals surface area contributed by atoms with E-state index >= 15 is 0 Å². The number of aromatic nitrogens is 1. The lowest BCUT2D eigenvalue weighted by molar-refractivity contribution is 0.0941. The summed E-state index contributed by atoms with van der Waals surface area (Å²) in [4.78, 5) is 16.4. The topological polar surface area (TPSA) is 68.0 Å². The molecule has 1 aromatic heterocycles. The second-order valence-corrected chi connectivity index (χ2v) is 5.51. The largest absolute Gasteiger partial charge is 0.348 e. The highest BCUT2D eigenvalue weighted by Crippen LogP contribution is 2.22. The number of halogens is 2. The first kappa shape index (κ1) is 19.9. The minimum atomic E-state index is -0.105. The Morgan fingerprint density at radius 3 is 2.71 bits per heavy atom. The number of carbonyl (C=O) groups excluding carboxylic acids is 1. The fourth-order valence-corrected chi connectivity index (χ4v) is 2.30. The van der Waals surface area contributed by atoms with Gasteiger partial charge in [0, 0.05) is 29.1 Å². The molecule has 1 aromatic carbocycles. The van der Waals surface area contributed by atoms with Crippen LogP contribution < -0.4 is 11.1 Å². The lowest BCUT2D eigenvalue weighted by Crippen LogP contribution is -2.37. The van der Waals surface area contributed by atoms with E-state index in [4.69, 9.17) is 5.73 Å². The molecule has 1 heterocycles. The van der Waals surface area contributed by atoms with E-state index in [1.807, 2.05) is 37.4 Å². The first-order valence-electron chi connectivity index (χ1n) is 6.13. The molecule has 0 saturated carbocycles. The smallest absolute Gasteiger partial charge is 0.251 e. The van der Waals surface area contributed by atoms with Crippen LogP contribution in [0, 0.1) is 6.92 Å². The van der Waals surface area contributed by atoms with Gasteiger partial charge in [0.2, 0.25) is 0 Å². The third-order valence-corrected chi connectivity index (χ3v) is 3.54. The molecule has 0 spiro atoms. The fourth-order valence-electron chi connectivity index (χ4n) is 1.68. The van der Waals surface area contributed by atoms with Crippen LogP contribution in [0.5, 0.6) is 0 Å². The second kappa shape index (κ2) is 9.00. The maximum absolute atomic E-state index is 12.0. The van der Waals surface area contributed by atoms with E-state index < -0.39 is 0 Å². The van der Waals surface area contributed by atoms with Crippen LogP contribution in [-0.2, 0) is 0 Å². The van der Waals surface area contributed by atoms with Gasteiger partial charge in [-0.3, -0.25) is 4.79 Å². The minimum absolute atomic E-state index is 0. The van der Waals surface area contributed by atoms with Crippen LogP contribution in [0.3, 0.4) is 0 Å². The molecule has 1 atom stereocenters. The van der Waals surface area contributed by atoms with Crippen molar-refractivity contribution in [1.82, 2.24) is 10.3 Å². The lowest BCUT2D eigenvalue weighted by atomic mass is 10.1. The van der Waals surface area contributed by atoms with Crippen molar-refractivity contribution < 1.29 is 4.79 Å². The Morgan fingerprint density at radius 1 is 1.43 bits per heavy atom. The summed E-state index contributed by atoms with van der Waals surface area (Å²) in [5.41, 5.74) is 7.99. The van der Waals surface area contributed by atoms with Gasteiger partial charge in [-0.15, -0.1) is 36.2 Å². The Bertz CT molecular complexity index is 589. The van der Waals surface area contributed by atoms with Gasteiger partial charge in [-0.05, 0) is 26.0 Å². The summed E-state index contributed by atoms with van der Waals surface area (Å²) < 4.78 is 0. The van der Waals surface area contributed by atoms with Crippen LogP contribution in [0.15, 0.2) is 29.6 Å². The van der Waals surface area contributed by atoms with Gasteiger partial charge in [-0.1, -0.05) is 12.1 Å². The first-order chi connectivity index (χ1) is 9.10. The molecular formula is C14H19Cl2N3OS. The summed E-state index contributed by atoms with van der Waals surface area (Å²) in [6, 6.07) is 7.44. The number of nitrogens with two attached hydrogens (primary N) is 1. The molecule has 0 bridgehead atoms. The molecule has 3 N–H and O–H groups in total. The SMILES string of the molecule is Cc1nc(-c2cccc(C(=O)N[C@@H](C)CN)c2)cs1.Cl.Cl. The molecule has 0 fully saturated rings. The van der Waals surface area contributed by atoms with E-state index in [9.17, 15) is 4.79 Å². The number of benzene rings is 1. The summed E-state index contributed by atoms with van der Waals surface area (Å²) in [6.07, 6.45) is 0. The molecule has 7 heteroatoms. The Hall–Kier alpha value is -1.14. The van der Waals surface area contributed by atoms with Crippen molar-refractivity contribution in [2.75, 3.05) is 6.54 Å². The van der Waals surface area contributed by atoms with Gasteiger partial charge in [0.05, 0.1) is 10.7 Å². The van der Waals surface area contributed by atoms with E-state index in [0.717, 1.165) is 16.3 Å². The Balaban J connectivity index is 0.00000200. The monoisotopic (exact) mass is 347 g/mol. The second-order valence-electron chi connectivity index (χ2n) is 4.44. The van der Waals surface area contributed by atoms with Gasteiger partial charge in [-0.2, -0.15) is 0 Å². The number of hydrogen-bond donors (Lipinski definition) is 2. The highest BCUT2D eigenvalue weighted by molar-refractivity contribution is 7.09. The highest BCUT2D eigenvalue weighted by atomic mass is 35.5. The van der Waals surface area contributed by atoms with Crippen molar-refractivity contribution in [1.29, 1.82) is 0 Å². The molecule has 1 amide bonds. The molecule has 0 radical (unpaired) electrons. The van der Waals surface area contributed by atoms with Crippen molar-refractivity contribution in [3.05, 3.63) is 40.2 Å². The van der Waals surface area contributed by atoms with Gasteiger partial charge in [0.15, 0.2) is 0 Å². The lowest BCUT2D eigenvalue weighted by Gasteiger charge is -2.11. The average Bonchev–Trinajstić information content (AvgIpc) is 2.85. The summed E-state index contributed by atoms with van der Waals surface area (Å²) in [5, 5.41) is 5.86. The van der Waals surface area contributed by atoms with Crippen molar-refractivity contribution in [3.63, 3.8) is 0 Å². The van der Waals surface area contributed by atoms with Crippen LogP contribution in [0.2, 0.25) is 0 Å². The molecule has 0 aliphatic rings. The van der Waals surface area contributed by atoms with E-state index in [0.29, 0.717) is 12.1 Å². The van der Waals surface area contributed by atoms with Crippen molar-refractivity contribution in [2.24, 2.45) is 5.73 Å². The number of nitrogens with one attached hydrogen (secondary N) is 1. The Kier molecular flexibility index (Phi) is 8.51. The fraction of sp³-hybridized carbons (Fsp3) is 0.286. The minimum Gasteiger partial charge on any atom is -0.348 e. The normalized spacial score (nSPS) is 11.0. The molecular weight excluding hydrogens is 329 g/mol. The summed E-state index contributed by atoms with van der Waals surface area (Å²) in [5.74, 6) is -0.105. The van der Waals surface area contributed by atoms with E-state index in [1.165, 1.54) is 0 Å². The zero-order chi connectivity index (χ0) is 13.8. The quantitative estimate of drug-likeness (QED) is 0.892. The van der Waals surface area contributed by atoms with E-state index in [1.54, 1.807) is 17.4 Å². The molecule has 0 aliphatic carbocycles. The van der Waals surface area contributed by atoms with Gasteiger partial charge in [0.1, 0.15) is 0 Å². The van der Waals surface area contributed by atoms with Gasteiger partial charge in [-0.25, -0.2) is 4.98 Å². The molecule has 21 heavy (non-hydrogen) atoms. The number of amides is 1. The number of hydrogen-bond acceptors (Lipinski definition) is 4. The standard InChI is InChI=1S/C14H17N3OS.2ClH/c1-9(7-15)16-14(18)12-5-3-4-11(6-12)13-8-19-10(2)17-13;;/h3-6,8-9H,7,15H2,1-2H3,(H,16,18);2*1H/t9-;;/m0../s1. The van der Waals surface area contributed by atoms with Gasteiger partial charge >= 0.3 is 0 Å². The van der Waals surface area contributed by atoms with E-state index in [2.05, 4.69) is 10.3 Å². The van der Waals surface area contributed by atoms with Crippen LogP contribution in [0.1, 0.15) is 22.3 Å². The summed E-state index contributed by atoms with van der Waals surface area (Å²) in [6.45, 7) is 4.27. The number of carbonyl (C=O) groups is 1. The van der Waals surface area contributed by atoms with Crippen LogP contribution in [0.4, 0.5) is 0 Å². The van der Waals surface area contributed by atoms with Gasteiger partial charge in [0.25, 0.3) is 5.91 Å². The zero-order valence-electron chi connectivity index (χ0n) is 11.8. The maximum Gasteiger partial charge on any atom is 0.251 e. The molecule has 0 saturated heterocycles. The number of nitrogens with zero attached hydrogens (tertiary/aromatic N) is 1.